The second-order valence-corrected chi connectivity index (χ2v) is 11.4. The van der Waals surface area contributed by atoms with Crippen molar-refractivity contribution in [1.29, 1.82) is 0 Å². The molecular weight excluding hydrogens is 550 g/mol. The quantitative estimate of drug-likeness (QED) is 0.301. The molecule has 0 radical (unpaired) electrons. The van der Waals surface area contributed by atoms with Gasteiger partial charge in [-0.15, -0.1) is 11.3 Å². The number of rotatable bonds is 7. The summed E-state index contributed by atoms with van der Waals surface area (Å²) in [7, 11) is 1.66. The molecule has 0 unspecified atom stereocenters. The highest BCUT2D eigenvalue weighted by atomic mass is 32.2. The fourth-order valence-electron chi connectivity index (χ4n) is 3.93. The zero-order valence-electron chi connectivity index (χ0n) is 24.0. The molecule has 0 aliphatic carbocycles. The Labute approximate surface area is 244 Å². The molecule has 1 fully saturated rings. The van der Waals surface area contributed by atoms with E-state index in [0.717, 1.165) is 69.7 Å². The number of fused-ring (bicyclic) bond motifs is 1. The third-order valence-electron chi connectivity index (χ3n) is 6.39. The first-order valence-electron chi connectivity index (χ1n) is 13.4. The number of aromatic nitrogens is 1. The number of aliphatic hydroxyl groups is 1. The number of ether oxygens (including phenoxy) is 2. The summed E-state index contributed by atoms with van der Waals surface area (Å²) in [6.07, 6.45) is 6.09. The number of carboxylic acids is 1. The monoisotopic (exact) mass is 589 g/mol. The lowest BCUT2D eigenvalue weighted by Gasteiger charge is -2.34. The van der Waals surface area contributed by atoms with Crippen molar-refractivity contribution in [2.45, 2.75) is 76.8 Å². The number of aryl methyl sites for hydroxylation is 1. The highest BCUT2D eigenvalue weighted by Gasteiger charge is 2.40. The van der Waals surface area contributed by atoms with Gasteiger partial charge in [-0.2, -0.15) is 5.10 Å². The number of thiophene rings is 1. The van der Waals surface area contributed by atoms with E-state index in [1.165, 1.54) is 11.9 Å². The Kier molecular flexibility index (Phi) is 11.6. The number of hydrazone groups is 1. The Morgan fingerprint density at radius 3 is 2.45 bits per heavy atom. The van der Waals surface area contributed by atoms with Crippen molar-refractivity contribution in [3.8, 4) is 16.5 Å². The number of hydrogen-bond acceptors (Lipinski definition) is 10. The van der Waals surface area contributed by atoms with Crippen molar-refractivity contribution in [3.05, 3.63) is 52.7 Å². The number of hydrogen-bond donors (Lipinski definition) is 2. The maximum atomic E-state index is 11.9. The summed E-state index contributed by atoms with van der Waals surface area (Å²) in [5.41, 5.74) is 1.77. The molecule has 1 aromatic carbocycles. The number of oxazole rings is 1. The molecule has 4 heterocycles. The van der Waals surface area contributed by atoms with Gasteiger partial charge in [0.2, 0.25) is 5.89 Å². The fraction of sp³-hybridized carbons (Fsp3) is 0.483. The van der Waals surface area contributed by atoms with Gasteiger partial charge in [0.05, 0.1) is 39.8 Å². The van der Waals surface area contributed by atoms with Crippen LogP contribution in [0.2, 0.25) is 0 Å². The number of carbonyl (C=O) groups is 1. The summed E-state index contributed by atoms with van der Waals surface area (Å²) < 4.78 is 17.6. The summed E-state index contributed by atoms with van der Waals surface area (Å²) in [6.45, 7) is 10.8. The normalized spacial score (nSPS) is 15.2. The average Bonchev–Trinajstić information content (AvgIpc) is 3.62. The van der Waals surface area contributed by atoms with Crippen LogP contribution in [0.4, 0.5) is 0 Å². The largest absolute Gasteiger partial charge is 0.496 e. The first-order valence-corrected chi connectivity index (χ1v) is 15.0. The molecule has 0 spiro atoms. The molecule has 11 heteroatoms. The first kappa shape index (κ1) is 31.7. The number of para-hydroxylation sites is 1. The zero-order chi connectivity index (χ0) is 29.3. The Morgan fingerprint density at radius 2 is 1.88 bits per heavy atom. The van der Waals surface area contributed by atoms with Crippen LogP contribution in [0.25, 0.3) is 10.8 Å². The van der Waals surface area contributed by atoms with Gasteiger partial charge in [-0.05, 0) is 63.6 Å². The molecular formula is C29H39N3O6S2. The minimum absolute atomic E-state index is 0.0891. The lowest BCUT2D eigenvalue weighted by atomic mass is 10.0. The Bertz CT molecular complexity index is 1270. The van der Waals surface area contributed by atoms with E-state index in [9.17, 15) is 9.90 Å². The summed E-state index contributed by atoms with van der Waals surface area (Å²) in [4.78, 5) is 19.2. The number of aliphatic carboxylic acids is 1. The third-order valence-corrected chi connectivity index (χ3v) is 9.25. The van der Waals surface area contributed by atoms with Gasteiger partial charge in [-0.1, -0.05) is 32.0 Å². The molecule has 40 heavy (non-hydrogen) atoms. The number of methoxy groups -OCH3 is 1. The standard InChI is InChI=1S/C22H23N3O4S2.C5H10O2.C2H6/c1-13-17-19(30-18(13)20-23-11-12-29-20)15(24-25(31-17)22(2,3)21(26)27)10-9-14-7-5-6-8-16(14)28-4;6-5-1-3-7-4-2-5;1-2/h5-8,11-12H,9-10H2,1-4H3,(H,26,27);5-6H,1-4H2;1-2H3. The molecule has 5 rings (SSSR count). The van der Waals surface area contributed by atoms with Crippen molar-refractivity contribution in [2.75, 3.05) is 20.3 Å². The Balaban J connectivity index is 0.000000422. The van der Waals surface area contributed by atoms with Gasteiger partial charge >= 0.3 is 5.97 Å². The predicted octanol–water partition coefficient (Wildman–Crippen LogP) is 6.43. The van der Waals surface area contributed by atoms with Crippen molar-refractivity contribution in [1.82, 2.24) is 9.40 Å². The van der Waals surface area contributed by atoms with E-state index in [1.807, 2.05) is 45.0 Å². The maximum Gasteiger partial charge on any atom is 0.331 e. The molecule has 3 aromatic rings. The maximum absolute atomic E-state index is 11.9. The van der Waals surface area contributed by atoms with Gasteiger partial charge in [0, 0.05) is 25.2 Å². The van der Waals surface area contributed by atoms with Crippen LogP contribution in [-0.4, -0.2) is 63.3 Å². The van der Waals surface area contributed by atoms with Crippen LogP contribution in [0.5, 0.6) is 5.75 Å². The lowest BCUT2D eigenvalue weighted by Crippen LogP contribution is -2.45. The van der Waals surface area contributed by atoms with Gasteiger partial charge < -0.3 is 24.1 Å². The van der Waals surface area contributed by atoms with Gasteiger partial charge in [-0.25, -0.2) is 14.2 Å². The first-order chi connectivity index (χ1) is 19.2. The number of carboxylic acid groups (broad SMARTS) is 1. The van der Waals surface area contributed by atoms with E-state index in [4.69, 9.17) is 24.1 Å². The summed E-state index contributed by atoms with van der Waals surface area (Å²) in [5.74, 6) is 0.460. The Hall–Kier alpha value is -2.86. The molecule has 2 aliphatic rings. The molecule has 0 amide bonds. The van der Waals surface area contributed by atoms with E-state index in [-0.39, 0.29) is 6.10 Å². The fourth-order valence-corrected chi connectivity index (χ4v) is 6.45. The van der Waals surface area contributed by atoms with Gasteiger partial charge in [0.15, 0.2) is 5.54 Å². The molecule has 0 saturated carbocycles. The van der Waals surface area contributed by atoms with Crippen LogP contribution < -0.4 is 4.74 Å². The molecule has 9 nitrogen and oxygen atoms in total. The second-order valence-electron chi connectivity index (χ2n) is 9.48. The molecule has 2 aromatic heterocycles. The summed E-state index contributed by atoms with van der Waals surface area (Å²) in [6, 6.07) is 7.90. The van der Waals surface area contributed by atoms with Gasteiger partial charge in [0.25, 0.3) is 0 Å². The summed E-state index contributed by atoms with van der Waals surface area (Å²) in [5, 5.41) is 23.4. The van der Waals surface area contributed by atoms with Crippen molar-refractivity contribution >= 4 is 35.0 Å². The van der Waals surface area contributed by atoms with Crippen LogP contribution in [0.15, 0.2) is 51.1 Å². The van der Waals surface area contributed by atoms with Crippen LogP contribution in [0, 0.1) is 6.92 Å². The SMILES string of the molecule is CC.COc1ccccc1CCC1=NN(C(C)(C)C(=O)O)Sc2c1sc(-c1ncco1)c2C.OC1CCOCC1. The van der Waals surface area contributed by atoms with Crippen LogP contribution in [-0.2, 0) is 16.0 Å². The third kappa shape index (κ3) is 7.45. The zero-order valence-corrected chi connectivity index (χ0v) is 25.6. The molecule has 2 aliphatic heterocycles. The smallest absolute Gasteiger partial charge is 0.331 e. The molecule has 218 valence electrons. The lowest BCUT2D eigenvalue weighted by molar-refractivity contribution is -0.146. The molecule has 1 saturated heterocycles. The van der Waals surface area contributed by atoms with E-state index in [1.54, 1.807) is 49.2 Å². The van der Waals surface area contributed by atoms with Crippen LogP contribution in [0.1, 0.15) is 63.0 Å². The minimum Gasteiger partial charge on any atom is -0.496 e. The van der Waals surface area contributed by atoms with Gasteiger partial charge in [-0.3, -0.25) is 0 Å². The van der Waals surface area contributed by atoms with Crippen molar-refractivity contribution in [3.63, 3.8) is 0 Å². The van der Waals surface area contributed by atoms with Crippen LogP contribution >= 0.6 is 23.3 Å². The topological polar surface area (TPSA) is 118 Å². The second kappa shape index (κ2) is 14.7. The van der Waals surface area contributed by atoms with Gasteiger partial charge in [0.1, 0.15) is 12.0 Å². The van der Waals surface area contributed by atoms with Crippen molar-refractivity contribution < 1.29 is 28.9 Å². The van der Waals surface area contributed by atoms with Crippen LogP contribution in [0.3, 0.4) is 0 Å². The number of benzene rings is 1. The highest BCUT2D eigenvalue weighted by Crippen LogP contribution is 2.47. The highest BCUT2D eigenvalue weighted by molar-refractivity contribution is 7.97. The Morgan fingerprint density at radius 1 is 1.18 bits per heavy atom. The minimum atomic E-state index is -1.17. The number of nitrogens with zero attached hydrogens (tertiary/aromatic N) is 3. The molecule has 0 atom stereocenters. The van der Waals surface area contributed by atoms with E-state index in [2.05, 4.69) is 4.98 Å². The van der Waals surface area contributed by atoms with E-state index < -0.39 is 11.5 Å². The van der Waals surface area contributed by atoms with E-state index in [0.29, 0.717) is 12.3 Å². The van der Waals surface area contributed by atoms with E-state index >= 15 is 0 Å². The molecule has 0 bridgehead atoms. The summed E-state index contributed by atoms with van der Waals surface area (Å²) >= 11 is 2.93. The molecule has 2 N–H and O–H groups in total. The van der Waals surface area contributed by atoms with Crippen molar-refractivity contribution in [2.24, 2.45) is 5.10 Å². The average molecular weight is 590 g/mol. The predicted molar refractivity (Wildman–Crippen MR) is 159 cm³/mol. The number of aliphatic hydroxyl groups excluding tert-OH is 1.